The van der Waals surface area contributed by atoms with Crippen LogP contribution in [0, 0.1) is 0 Å². The summed E-state index contributed by atoms with van der Waals surface area (Å²) in [5, 5.41) is 33.5. The van der Waals surface area contributed by atoms with Crippen molar-refractivity contribution in [1.29, 1.82) is 0 Å². The van der Waals surface area contributed by atoms with Crippen LogP contribution in [0.5, 0.6) is 0 Å². The fraction of sp³-hybridized carbons (Fsp3) is 0.896. The first kappa shape index (κ1) is 51.8. The predicted octanol–water partition coefficient (Wildman–Crippen LogP) is 13.8. The largest absolute Gasteiger partial charge is 0.394 e. The molecule has 5 heteroatoms. The lowest BCUT2D eigenvalue weighted by atomic mass is 10.0. The molecule has 1 amide bonds. The number of carbonyl (C=O) groups excluding carboxylic acids is 1. The summed E-state index contributed by atoms with van der Waals surface area (Å²) in [5.41, 5.74) is 0. The molecule has 0 aliphatic rings. The zero-order valence-electron chi connectivity index (χ0n) is 35.7. The van der Waals surface area contributed by atoms with Crippen LogP contribution in [-0.2, 0) is 4.79 Å². The molecule has 0 saturated carbocycles. The van der Waals surface area contributed by atoms with Gasteiger partial charge in [-0.3, -0.25) is 4.79 Å². The van der Waals surface area contributed by atoms with Crippen LogP contribution in [0.15, 0.2) is 24.3 Å². The Kier molecular flexibility index (Phi) is 42.6. The summed E-state index contributed by atoms with van der Waals surface area (Å²) in [7, 11) is 0. The summed E-state index contributed by atoms with van der Waals surface area (Å²) < 4.78 is 0. The molecule has 53 heavy (non-hydrogen) atoms. The Morgan fingerprint density at radius 2 is 0.792 bits per heavy atom. The van der Waals surface area contributed by atoms with Gasteiger partial charge in [0.2, 0.25) is 5.91 Å². The molecular formula is C48H93NO4. The number of aliphatic hydroxyl groups excluding tert-OH is 3. The third kappa shape index (κ3) is 40.3. The molecule has 0 aliphatic carbocycles. The van der Waals surface area contributed by atoms with Crippen LogP contribution >= 0.6 is 0 Å². The minimum absolute atomic E-state index is 0.0334. The fourth-order valence-corrected chi connectivity index (χ4v) is 7.40. The van der Waals surface area contributed by atoms with Crippen LogP contribution in [0.25, 0.3) is 0 Å². The maximum Gasteiger partial charge on any atom is 0.222 e. The Balaban J connectivity index is 3.59. The van der Waals surface area contributed by atoms with Gasteiger partial charge in [0, 0.05) is 0 Å². The van der Waals surface area contributed by atoms with Crippen LogP contribution in [0.2, 0.25) is 0 Å². The quantitative estimate of drug-likeness (QED) is 0.0369. The van der Waals surface area contributed by atoms with Crippen molar-refractivity contribution < 1.29 is 20.1 Å². The smallest absolute Gasteiger partial charge is 0.222 e. The average Bonchev–Trinajstić information content (AvgIpc) is 3.15. The number of rotatable bonds is 43. The summed E-state index contributed by atoms with van der Waals surface area (Å²) in [4.78, 5) is 12.5. The topological polar surface area (TPSA) is 89.8 Å². The van der Waals surface area contributed by atoms with Crippen molar-refractivity contribution in [2.75, 3.05) is 6.61 Å². The molecule has 0 spiro atoms. The monoisotopic (exact) mass is 748 g/mol. The second-order valence-corrected chi connectivity index (χ2v) is 16.4. The van der Waals surface area contributed by atoms with Crippen LogP contribution in [0.3, 0.4) is 0 Å². The van der Waals surface area contributed by atoms with Crippen molar-refractivity contribution in [2.24, 2.45) is 0 Å². The van der Waals surface area contributed by atoms with E-state index in [4.69, 9.17) is 0 Å². The van der Waals surface area contributed by atoms with E-state index in [0.717, 1.165) is 25.7 Å². The number of carbonyl (C=O) groups is 1. The zero-order valence-corrected chi connectivity index (χ0v) is 35.7. The number of hydrogen-bond acceptors (Lipinski definition) is 4. The number of nitrogens with one attached hydrogen (secondary N) is 1. The molecule has 0 fully saturated rings. The fourth-order valence-electron chi connectivity index (χ4n) is 7.40. The van der Waals surface area contributed by atoms with Crippen molar-refractivity contribution in [2.45, 2.75) is 270 Å². The molecule has 0 rings (SSSR count). The van der Waals surface area contributed by atoms with Gasteiger partial charge in [0.15, 0.2) is 0 Å². The van der Waals surface area contributed by atoms with Crippen molar-refractivity contribution in [3.05, 3.63) is 24.3 Å². The SMILES string of the molecule is CCCCC/C=C\C=C/CCCCCCCCCCC(O)CC(=O)NC(CO)C(O)CCCCCCCCCCCCCCCCCCCCCCC. The first-order chi connectivity index (χ1) is 26.0. The highest BCUT2D eigenvalue weighted by atomic mass is 16.3. The second kappa shape index (κ2) is 43.6. The molecule has 0 bridgehead atoms. The maximum absolute atomic E-state index is 12.5. The third-order valence-corrected chi connectivity index (χ3v) is 11.0. The zero-order chi connectivity index (χ0) is 38.7. The molecule has 0 aliphatic heterocycles. The summed E-state index contributed by atoms with van der Waals surface area (Å²) in [6.07, 6.45) is 52.9. The number of amides is 1. The maximum atomic E-state index is 12.5. The normalized spacial score (nSPS) is 13.7. The second-order valence-electron chi connectivity index (χ2n) is 16.4. The number of unbranched alkanes of at least 4 members (excludes halogenated alkanes) is 31. The van der Waals surface area contributed by atoms with Gasteiger partial charge < -0.3 is 20.6 Å². The Hall–Kier alpha value is -1.17. The van der Waals surface area contributed by atoms with Gasteiger partial charge in [-0.2, -0.15) is 0 Å². The molecule has 4 N–H and O–H groups in total. The van der Waals surface area contributed by atoms with E-state index in [9.17, 15) is 20.1 Å². The lowest BCUT2D eigenvalue weighted by molar-refractivity contribution is -0.125. The van der Waals surface area contributed by atoms with E-state index in [0.29, 0.717) is 12.8 Å². The van der Waals surface area contributed by atoms with Gasteiger partial charge in [0.05, 0.1) is 31.3 Å². The van der Waals surface area contributed by atoms with E-state index < -0.39 is 18.2 Å². The van der Waals surface area contributed by atoms with Crippen molar-refractivity contribution in [3.63, 3.8) is 0 Å². The van der Waals surface area contributed by atoms with Crippen molar-refractivity contribution in [1.82, 2.24) is 5.32 Å². The van der Waals surface area contributed by atoms with Crippen molar-refractivity contribution in [3.8, 4) is 0 Å². The molecule has 5 nitrogen and oxygen atoms in total. The Labute approximate surface area is 331 Å². The standard InChI is InChI=1S/C48H93NO4/c1-3-5-7-9-11-13-15-17-19-21-22-23-24-26-28-30-32-34-36-38-40-42-47(52)46(44-50)49-48(53)43-45(51)41-39-37-35-33-31-29-27-25-20-18-16-14-12-10-8-6-4-2/h12,14,16,18,45-47,50-52H,3-11,13,15,17,19-44H2,1-2H3,(H,49,53)/b14-12-,18-16-. The Bertz CT molecular complexity index is 784. The van der Waals surface area contributed by atoms with Crippen molar-refractivity contribution >= 4 is 5.91 Å². The summed E-state index contributed by atoms with van der Waals surface area (Å²) in [6, 6.07) is -0.659. The molecule has 0 saturated heterocycles. The van der Waals surface area contributed by atoms with Gasteiger partial charge in [0.1, 0.15) is 0 Å². The van der Waals surface area contributed by atoms with Gasteiger partial charge in [-0.15, -0.1) is 0 Å². The summed E-state index contributed by atoms with van der Waals surface area (Å²) in [5.74, 6) is -0.285. The van der Waals surface area contributed by atoms with Gasteiger partial charge in [-0.05, 0) is 38.5 Å². The van der Waals surface area contributed by atoms with E-state index in [2.05, 4.69) is 43.5 Å². The molecule has 0 radical (unpaired) electrons. The minimum atomic E-state index is -0.750. The molecule has 0 aromatic heterocycles. The highest BCUT2D eigenvalue weighted by Gasteiger charge is 2.21. The van der Waals surface area contributed by atoms with E-state index in [1.54, 1.807) is 0 Å². The molecule has 3 unspecified atom stereocenters. The highest BCUT2D eigenvalue weighted by Crippen LogP contribution is 2.17. The number of hydrogen-bond donors (Lipinski definition) is 4. The third-order valence-electron chi connectivity index (χ3n) is 11.0. The van der Waals surface area contributed by atoms with E-state index in [-0.39, 0.29) is 18.9 Å². The van der Waals surface area contributed by atoms with Crippen LogP contribution < -0.4 is 5.32 Å². The van der Waals surface area contributed by atoms with Gasteiger partial charge in [0.25, 0.3) is 0 Å². The van der Waals surface area contributed by atoms with Crippen LogP contribution in [0.4, 0.5) is 0 Å². The minimum Gasteiger partial charge on any atom is -0.394 e. The van der Waals surface area contributed by atoms with E-state index in [1.165, 1.54) is 193 Å². The van der Waals surface area contributed by atoms with E-state index in [1.807, 2.05) is 0 Å². The van der Waals surface area contributed by atoms with Gasteiger partial charge in [-0.25, -0.2) is 0 Å². The molecule has 314 valence electrons. The molecule has 3 atom stereocenters. The summed E-state index contributed by atoms with van der Waals surface area (Å²) >= 11 is 0. The highest BCUT2D eigenvalue weighted by molar-refractivity contribution is 5.76. The van der Waals surface area contributed by atoms with E-state index >= 15 is 0 Å². The Morgan fingerprint density at radius 1 is 0.472 bits per heavy atom. The average molecular weight is 748 g/mol. The first-order valence-corrected chi connectivity index (χ1v) is 23.6. The predicted molar refractivity (Wildman–Crippen MR) is 231 cm³/mol. The molecular weight excluding hydrogens is 655 g/mol. The van der Waals surface area contributed by atoms with Gasteiger partial charge in [-0.1, -0.05) is 231 Å². The lowest BCUT2D eigenvalue weighted by Gasteiger charge is -2.23. The van der Waals surface area contributed by atoms with Crippen LogP contribution in [-0.4, -0.2) is 46.1 Å². The molecule has 0 aromatic carbocycles. The summed E-state index contributed by atoms with van der Waals surface area (Å²) in [6.45, 7) is 4.25. The molecule has 0 heterocycles. The van der Waals surface area contributed by atoms with Crippen LogP contribution in [0.1, 0.15) is 251 Å². The number of aliphatic hydroxyl groups is 3. The number of allylic oxidation sites excluding steroid dienone is 4. The lowest BCUT2D eigenvalue weighted by Crippen LogP contribution is -2.46. The first-order valence-electron chi connectivity index (χ1n) is 23.6. The van der Waals surface area contributed by atoms with Gasteiger partial charge >= 0.3 is 0 Å². The molecule has 0 aromatic rings. The Morgan fingerprint density at radius 3 is 1.19 bits per heavy atom.